The first-order chi connectivity index (χ1) is 10.9. The number of para-hydroxylation sites is 1. The highest BCUT2D eigenvalue weighted by Crippen LogP contribution is 2.15. The molecule has 1 aromatic heterocycles. The van der Waals surface area contributed by atoms with E-state index in [0.29, 0.717) is 12.2 Å². The van der Waals surface area contributed by atoms with Gasteiger partial charge in [0.1, 0.15) is 5.69 Å². The van der Waals surface area contributed by atoms with Crippen LogP contribution in [0.5, 0.6) is 0 Å². The standard InChI is InChI=1S/C16H18N4O3/c1-10(2)9-20-14(21)8-7-13(19-20)16(23)18-12-6-4-3-5-11(12)15(17)22/h3-8,10H,9H2,1-2H3,(H2,17,22)(H,18,23). The highest BCUT2D eigenvalue weighted by atomic mass is 16.2. The van der Waals surface area contributed by atoms with Gasteiger partial charge in [-0.05, 0) is 24.1 Å². The Balaban J connectivity index is 2.28. The Morgan fingerprint density at radius 1 is 1.22 bits per heavy atom. The van der Waals surface area contributed by atoms with E-state index in [9.17, 15) is 14.4 Å². The lowest BCUT2D eigenvalue weighted by atomic mass is 10.1. The van der Waals surface area contributed by atoms with Crippen LogP contribution in [0.2, 0.25) is 0 Å². The summed E-state index contributed by atoms with van der Waals surface area (Å²) in [7, 11) is 0. The number of carbonyl (C=O) groups excluding carboxylic acids is 2. The molecule has 0 saturated carbocycles. The lowest BCUT2D eigenvalue weighted by molar-refractivity contribution is 0.100. The van der Waals surface area contributed by atoms with Crippen molar-refractivity contribution < 1.29 is 9.59 Å². The smallest absolute Gasteiger partial charge is 0.276 e. The molecule has 2 aromatic rings. The molecule has 1 heterocycles. The molecule has 0 aliphatic heterocycles. The van der Waals surface area contributed by atoms with E-state index in [1.54, 1.807) is 18.2 Å². The van der Waals surface area contributed by atoms with Crippen LogP contribution in [0.3, 0.4) is 0 Å². The zero-order valence-electron chi connectivity index (χ0n) is 12.9. The van der Waals surface area contributed by atoms with Gasteiger partial charge in [0.2, 0.25) is 0 Å². The number of hydrogen-bond acceptors (Lipinski definition) is 4. The average Bonchev–Trinajstić information content (AvgIpc) is 2.49. The van der Waals surface area contributed by atoms with Crippen molar-refractivity contribution in [3.8, 4) is 0 Å². The van der Waals surface area contributed by atoms with E-state index in [1.165, 1.54) is 22.9 Å². The van der Waals surface area contributed by atoms with Crippen molar-refractivity contribution in [2.75, 3.05) is 5.32 Å². The highest BCUT2D eigenvalue weighted by molar-refractivity contribution is 6.07. The number of aromatic nitrogens is 2. The van der Waals surface area contributed by atoms with Gasteiger partial charge in [0.15, 0.2) is 0 Å². The molecule has 0 atom stereocenters. The summed E-state index contributed by atoms with van der Waals surface area (Å²) in [5.41, 5.74) is 5.60. The van der Waals surface area contributed by atoms with E-state index in [4.69, 9.17) is 5.73 Å². The third-order valence-electron chi connectivity index (χ3n) is 3.08. The summed E-state index contributed by atoms with van der Waals surface area (Å²) in [5, 5.41) is 6.65. The van der Waals surface area contributed by atoms with Crippen LogP contribution < -0.4 is 16.6 Å². The molecule has 120 valence electrons. The summed E-state index contributed by atoms with van der Waals surface area (Å²) in [4.78, 5) is 35.4. The van der Waals surface area contributed by atoms with Crippen molar-refractivity contribution >= 4 is 17.5 Å². The number of nitrogens with one attached hydrogen (secondary N) is 1. The monoisotopic (exact) mass is 314 g/mol. The number of amides is 2. The van der Waals surface area contributed by atoms with Gasteiger partial charge in [0.25, 0.3) is 17.4 Å². The molecular formula is C16H18N4O3. The predicted octanol–water partition coefficient (Wildman–Crippen LogP) is 1.25. The van der Waals surface area contributed by atoms with Crippen molar-refractivity contribution in [1.82, 2.24) is 9.78 Å². The largest absolute Gasteiger partial charge is 0.366 e. The van der Waals surface area contributed by atoms with Gasteiger partial charge >= 0.3 is 0 Å². The molecule has 7 heteroatoms. The first-order valence-electron chi connectivity index (χ1n) is 7.17. The Morgan fingerprint density at radius 2 is 1.91 bits per heavy atom. The second kappa shape index (κ2) is 6.87. The Morgan fingerprint density at radius 3 is 2.57 bits per heavy atom. The van der Waals surface area contributed by atoms with Gasteiger partial charge in [-0.1, -0.05) is 26.0 Å². The lowest BCUT2D eigenvalue weighted by Crippen LogP contribution is -2.28. The van der Waals surface area contributed by atoms with Gasteiger partial charge in [-0.25, -0.2) is 4.68 Å². The van der Waals surface area contributed by atoms with E-state index < -0.39 is 11.8 Å². The SMILES string of the molecule is CC(C)Cn1nc(C(=O)Nc2ccccc2C(N)=O)ccc1=O. The van der Waals surface area contributed by atoms with Crippen LogP contribution in [0.15, 0.2) is 41.2 Å². The zero-order valence-corrected chi connectivity index (χ0v) is 12.9. The van der Waals surface area contributed by atoms with Crippen molar-refractivity contribution in [3.63, 3.8) is 0 Å². The maximum atomic E-state index is 12.3. The van der Waals surface area contributed by atoms with E-state index >= 15 is 0 Å². The van der Waals surface area contributed by atoms with Gasteiger partial charge in [0, 0.05) is 12.6 Å². The number of nitrogens with zero attached hydrogens (tertiary/aromatic N) is 2. The van der Waals surface area contributed by atoms with Crippen molar-refractivity contribution in [2.45, 2.75) is 20.4 Å². The molecule has 0 bridgehead atoms. The van der Waals surface area contributed by atoms with Gasteiger partial charge in [-0.2, -0.15) is 5.10 Å². The fourth-order valence-corrected chi connectivity index (χ4v) is 2.04. The topological polar surface area (TPSA) is 107 Å². The van der Waals surface area contributed by atoms with Gasteiger partial charge in [-0.3, -0.25) is 14.4 Å². The third kappa shape index (κ3) is 4.03. The fourth-order valence-electron chi connectivity index (χ4n) is 2.04. The normalized spacial score (nSPS) is 10.6. The molecule has 1 aromatic carbocycles. The maximum absolute atomic E-state index is 12.3. The number of benzene rings is 1. The Hall–Kier alpha value is -2.96. The summed E-state index contributed by atoms with van der Waals surface area (Å²) in [6, 6.07) is 9.06. The van der Waals surface area contributed by atoms with Crippen LogP contribution in [-0.4, -0.2) is 21.6 Å². The second-order valence-corrected chi connectivity index (χ2v) is 5.50. The fraction of sp³-hybridized carbons (Fsp3) is 0.250. The number of carbonyl (C=O) groups is 2. The molecule has 0 saturated heterocycles. The summed E-state index contributed by atoms with van der Waals surface area (Å²) >= 11 is 0. The van der Waals surface area contributed by atoms with E-state index in [-0.39, 0.29) is 22.7 Å². The number of hydrogen-bond donors (Lipinski definition) is 2. The lowest BCUT2D eigenvalue weighted by Gasteiger charge is -2.10. The molecule has 0 spiro atoms. The first kappa shape index (κ1) is 16.4. The van der Waals surface area contributed by atoms with Gasteiger partial charge < -0.3 is 11.1 Å². The average molecular weight is 314 g/mol. The molecule has 7 nitrogen and oxygen atoms in total. The van der Waals surface area contributed by atoms with Crippen LogP contribution in [0.4, 0.5) is 5.69 Å². The minimum Gasteiger partial charge on any atom is -0.366 e. The van der Waals surface area contributed by atoms with E-state index in [0.717, 1.165) is 0 Å². The summed E-state index contributed by atoms with van der Waals surface area (Å²) in [5.74, 6) is -0.941. The van der Waals surface area contributed by atoms with E-state index in [2.05, 4.69) is 10.4 Å². The molecule has 2 amide bonds. The Kier molecular flexibility index (Phi) is 4.90. The Labute approximate surface area is 133 Å². The Bertz CT molecular complexity index is 796. The van der Waals surface area contributed by atoms with Crippen LogP contribution in [-0.2, 0) is 6.54 Å². The molecule has 3 N–H and O–H groups in total. The molecule has 0 aliphatic carbocycles. The second-order valence-electron chi connectivity index (χ2n) is 5.50. The van der Waals surface area contributed by atoms with Crippen LogP contribution in [0.1, 0.15) is 34.7 Å². The molecule has 0 aliphatic rings. The van der Waals surface area contributed by atoms with Gasteiger partial charge in [-0.15, -0.1) is 0 Å². The third-order valence-corrected chi connectivity index (χ3v) is 3.08. The first-order valence-corrected chi connectivity index (χ1v) is 7.17. The predicted molar refractivity (Wildman–Crippen MR) is 86.2 cm³/mol. The minimum absolute atomic E-state index is 0.0875. The zero-order chi connectivity index (χ0) is 17.0. The number of rotatable bonds is 5. The van der Waals surface area contributed by atoms with Crippen molar-refractivity contribution in [2.24, 2.45) is 11.7 Å². The minimum atomic E-state index is -0.640. The number of primary amides is 1. The molecule has 0 radical (unpaired) electrons. The number of nitrogens with two attached hydrogens (primary N) is 1. The summed E-state index contributed by atoms with van der Waals surface area (Å²) in [6.07, 6.45) is 0. The highest BCUT2D eigenvalue weighted by Gasteiger charge is 2.14. The van der Waals surface area contributed by atoms with Crippen LogP contribution >= 0.6 is 0 Å². The number of anilines is 1. The van der Waals surface area contributed by atoms with Crippen LogP contribution in [0, 0.1) is 5.92 Å². The maximum Gasteiger partial charge on any atom is 0.276 e. The summed E-state index contributed by atoms with van der Waals surface area (Å²) < 4.78 is 1.25. The van der Waals surface area contributed by atoms with Gasteiger partial charge in [0.05, 0.1) is 11.3 Å². The quantitative estimate of drug-likeness (QED) is 0.866. The van der Waals surface area contributed by atoms with Crippen molar-refractivity contribution in [1.29, 1.82) is 0 Å². The van der Waals surface area contributed by atoms with Crippen molar-refractivity contribution in [3.05, 3.63) is 58.0 Å². The summed E-state index contributed by atoms with van der Waals surface area (Å²) in [6.45, 7) is 4.31. The molecule has 0 unspecified atom stereocenters. The molecule has 2 rings (SSSR count). The molecular weight excluding hydrogens is 296 g/mol. The molecule has 23 heavy (non-hydrogen) atoms. The van der Waals surface area contributed by atoms with E-state index in [1.807, 2.05) is 13.8 Å². The molecule has 0 fully saturated rings. The van der Waals surface area contributed by atoms with Crippen LogP contribution in [0.25, 0.3) is 0 Å².